The first-order valence-electron chi connectivity index (χ1n) is 4.55. The van der Waals surface area contributed by atoms with Crippen molar-refractivity contribution in [3.05, 3.63) is 23.0 Å². The van der Waals surface area contributed by atoms with Gasteiger partial charge in [-0.25, -0.2) is 0 Å². The summed E-state index contributed by atoms with van der Waals surface area (Å²) in [7, 11) is 0. The Labute approximate surface area is 109 Å². The van der Waals surface area contributed by atoms with Gasteiger partial charge < -0.3 is 0 Å². The molecule has 0 radical (unpaired) electrons. The summed E-state index contributed by atoms with van der Waals surface area (Å²) in [5, 5.41) is 11.8. The third-order valence-corrected chi connectivity index (χ3v) is 3.30. The van der Waals surface area contributed by atoms with E-state index >= 15 is 0 Å². The molecule has 2 aromatic heterocycles. The van der Waals surface area contributed by atoms with Gasteiger partial charge in [0, 0.05) is 0 Å². The molecule has 0 aliphatic heterocycles. The van der Waals surface area contributed by atoms with Crippen molar-refractivity contribution in [1.82, 2.24) is 29.0 Å². The van der Waals surface area contributed by atoms with Crippen LogP contribution in [0, 0.1) is 0 Å². The SMILES string of the molecule is ClCc1nnnn1-c1c(Cl)ccc2nsnc12. The fourth-order valence-corrected chi connectivity index (χ4v) is 2.41. The molecule has 86 valence electrons. The van der Waals surface area contributed by atoms with Crippen LogP contribution in [0.4, 0.5) is 0 Å². The maximum atomic E-state index is 6.16. The fraction of sp³-hybridized carbons (Fsp3) is 0.125. The van der Waals surface area contributed by atoms with Gasteiger partial charge in [0.15, 0.2) is 5.82 Å². The van der Waals surface area contributed by atoms with Crippen molar-refractivity contribution < 1.29 is 0 Å². The Morgan fingerprint density at radius 2 is 2.18 bits per heavy atom. The molecule has 0 saturated heterocycles. The lowest BCUT2D eigenvalue weighted by molar-refractivity contribution is 0.780. The van der Waals surface area contributed by atoms with Crippen LogP contribution in [0.15, 0.2) is 12.1 Å². The first-order valence-corrected chi connectivity index (χ1v) is 6.20. The van der Waals surface area contributed by atoms with E-state index in [1.807, 2.05) is 0 Å². The number of rotatable bonds is 2. The Bertz CT molecular complexity index is 678. The predicted octanol–water partition coefficient (Wildman–Crippen LogP) is 2.06. The summed E-state index contributed by atoms with van der Waals surface area (Å²) < 4.78 is 9.83. The van der Waals surface area contributed by atoms with Gasteiger partial charge in [-0.3, -0.25) is 0 Å². The monoisotopic (exact) mass is 286 g/mol. The molecule has 0 aliphatic rings. The second-order valence-electron chi connectivity index (χ2n) is 3.17. The van der Waals surface area contributed by atoms with Gasteiger partial charge in [-0.05, 0) is 22.6 Å². The summed E-state index contributed by atoms with van der Waals surface area (Å²) in [5.74, 6) is 0.700. The molecule has 0 unspecified atom stereocenters. The minimum Gasteiger partial charge on any atom is -0.192 e. The Morgan fingerprint density at radius 1 is 1.29 bits per heavy atom. The number of alkyl halides is 1. The largest absolute Gasteiger partial charge is 0.192 e. The van der Waals surface area contributed by atoms with E-state index in [0.29, 0.717) is 22.1 Å². The van der Waals surface area contributed by atoms with Gasteiger partial charge >= 0.3 is 0 Å². The van der Waals surface area contributed by atoms with Crippen LogP contribution < -0.4 is 0 Å². The number of hydrogen-bond acceptors (Lipinski definition) is 6. The highest BCUT2D eigenvalue weighted by molar-refractivity contribution is 7.00. The zero-order valence-corrected chi connectivity index (χ0v) is 10.5. The first-order chi connectivity index (χ1) is 8.31. The third-order valence-electron chi connectivity index (χ3n) is 2.22. The number of halogens is 2. The number of aromatic nitrogens is 6. The summed E-state index contributed by atoms with van der Waals surface area (Å²) in [5.41, 5.74) is 2.03. The minimum absolute atomic E-state index is 0.192. The van der Waals surface area contributed by atoms with Crippen LogP contribution in [0.1, 0.15) is 5.82 Å². The Kier molecular flexibility index (Phi) is 2.65. The van der Waals surface area contributed by atoms with E-state index in [1.165, 1.54) is 4.68 Å². The van der Waals surface area contributed by atoms with Gasteiger partial charge in [-0.15, -0.1) is 16.7 Å². The van der Waals surface area contributed by atoms with E-state index in [4.69, 9.17) is 23.2 Å². The lowest BCUT2D eigenvalue weighted by atomic mass is 10.2. The van der Waals surface area contributed by atoms with Crippen LogP contribution in [-0.2, 0) is 5.88 Å². The molecule has 17 heavy (non-hydrogen) atoms. The van der Waals surface area contributed by atoms with Gasteiger partial charge in [-0.2, -0.15) is 13.4 Å². The van der Waals surface area contributed by atoms with Crippen molar-refractivity contribution in [2.45, 2.75) is 5.88 Å². The number of fused-ring (bicyclic) bond motifs is 1. The Hall–Kier alpha value is -1.31. The highest BCUT2D eigenvalue weighted by atomic mass is 35.5. The van der Waals surface area contributed by atoms with Gasteiger partial charge in [0.1, 0.15) is 16.7 Å². The smallest absolute Gasteiger partial charge is 0.171 e. The summed E-state index contributed by atoms with van der Waals surface area (Å²) >= 11 is 13.0. The van der Waals surface area contributed by atoms with Crippen molar-refractivity contribution in [1.29, 1.82) is 0 Å². The molecule has 0 N–H and O–H groups in total. The molecular formula is C8H4Cl2N6S. The normalized spacial score (nSPS) is 11.2. The lowest BCUT2D eigenvalue weighted by Gasteiger charge is -2.05. The average Bonchev–Trinajstić information content (AvgIpc) is 2.96. The number of hydrogen-bond donors (Lipinski definition) is 0. The van der Waals surface area contributed by atoms with E-state index in [0.717, 1.165) is 17.2 Å². The van der Waals surface area contributed by atoms with Gasteiger partial charge in [-0.1, -0.05) is 11.6 Å². The van der Waals surface area contributed by atoms with Crippen LogP contribution >= 0.6 is 34.9 Å². The van der Waals surface area contributed by atoms with Gasteiger partial charge in [0.25, 0.3) is 0 Å². The van der Waals surface area contributed by atoms with Crippen molar-refractivity contribution >= 4 is 46.0 Å². The fourth-order valence-electron chi connectivity index (χ4n) is 1.48. The molecule has 0 saturated carbocycles. The molecule has 6 nitrogen and oxygen atoms in total. The van der Waals surface area contributed by atoms with E-state index in [1.54, 1.807) is 12.1 Å². The van der Waals surface area contributed by atoms with Crippen LogP contribution in [0.25, 0.3) is 16.7 Å². The maximum Gasteiger partial charge on any atom is 0.171 e. The maximum absolute atomic E-state index is 6.16. The van der Waals surface area contributed by atoms with Crippen LogP contribution in [0.3, 0.4) is 0 Å². The van der Waals surface area contributed by atoms with Crippen LogP contribution in [0.2, 0.25) is 5.02 Å². The number of benzene rings is 1. The number of nitrogens with zero attached hydrogens (tertiary/aromatic N) is 6. The Balaban J connectivity index is 2.36. The second kappa shape index (κ2) is 4.17. The predicted molar refractivity (Wildman–Crippen MR) is 64.7 cm³/mol. The van der Waals surface area contributed by atoms with E-state index in [2.05, 4.69) is 24.3 Å². The topological polar surface area (TPSA) is 69.4 Å². The quantitative estimate of drug-likeness (QED) is 0.675. The zero-order chi connectivity index (χ0) is 11.8. The number of tetrazole rings is 1. The molecule has 0 bridgehead atoms. The van der Waals surface area contributed by atoms with Crippen molar-refractivity contribution in [2.75, 3.05) is 0 Å². The second-order valence-corrected chi connectivity index (χ2v) is 4.37. The summed E-state index contributed by atoms with van der Waals surface area (Å²) in [4.78, 5) is 0. The van der Waals surface area contributed by atoms with Crippen molar-refractivity contribution in [2.24, 2.45) is 0 Å². The van der Waals surface area contributed by atoms with E-state index < -0.39 is 0 Å². The summed E-state index contributed by atoms with van der Waals surface area (Å²) in [6.45, 7) is 0. The van der Waals surface area contributed by atoms with Gasteiger partial charge in [0.05, 0.1) is 22.6 Å². The lowest BCUT2D eigenvalue weighted by Crippen LogP contribution is -2.03. The highest BCUT2D eigenvalue weighted by Gasteiger charge is 2.16. The minimum atomic E-state index is 0.192. The molecule has 0 fully saturated rings. The third kappa shape index (κ3) is 1.67. The van der Waals surface area contributed by atoms with Gasteiger partial charge in [0.2, 0.25) is 0 Å². The van der Waals surface area contributed by atoms with Crippen molar-refractivity contribution in [3.8, 4) is 5.69 Å². The first kappa shape index (κ1) is 10.8. The molecule has 3 aromatic rings. The molecule has 0 amide bonds. The molecule has 0 spiro atoms. The summed E-state index contributed by atoms with van der Waals surface area (Å²) in [6.07, 6.45) is 0. The average molecular weight is 287 g/mol. The summed E-state index contributed by atoms with van der Waals surface area (Å²) in [6, 6.07) is 3.54. The van der Waals surface area contributed by atoms with E-state index in [-0.39, 0.29) is 5.88 Å². The highest BCUT2D eigenvalue weighted by Crippen LogP contribution is 2.28. The van der Waals surface area contributed by atoms with E-state index in [9.17, 15) is 0 Å². The molecule has 0 aliphatic carbocycles. The molecule has 1 aromatic carbocycles. The molecule has 3 rings (SSSR count). The van der Waals surface area contributed by atoms with Crippen LogP contribution in [0.5, 0.6) is 0 Å². The molecule has 0 atom stereocenters. The zero-order valence-electron chi connectivity index (χ0n) is 8.21. The molecule has 9 heteroatoms. The molecule has 2 heterocycles. The van der Waals surface area contributed by atoms with Crippen LogP contribution in [-0.4, -0.2) is 29.0 Å². The molecular weight excluding hydrogens is 283 g/mol. The van der Waals surface area contributed by atoms with Crippen molar-refractivity contribution in [3.63, 3.8) is 0 Å². The standard InChI is InChI=1S/C8H4Cl2N6S/c9-3-6-11-14-15-16(6)8-4(10)1-2-5-7(8)13-17-12-5/h1-2H,3H2. The Morgan fingerprint density at radius 3 is 3.00 bits per heavy atom.